The van der Waals surface area contributed by atoms with E-state index in [1.807, 2.05) is 0 Å². The molecule has 0 saturated carbocycles. The normalized spacial score (nSPS) is 13.2. The monoisotopic (exact) mass is 412 g/mol. The molecule has 0 aliphatic rings. The molecule has 0 heterocycles. The molecule has 2 atom stereocenters. The quantitative estimate of drug-likeness (QED) is 0.182. The van der Waals surface area contributed by atoms with Crippen LogP contribution in [0.5, 0.6) is 0 Å². The van der Waals surface area contributed by atoms with E-state index in [-0.39, 0.29) is 12.2 Å². The van der Waals surface area contributed by atoms with Gasteiger partial charge in [-0.2, -0.15) is 0 Å². The summed E-state index contributed by atoms with van der Waals surface area (Å²) in [6, 6.07) is 0. The Balaban J connectivity index is 4.04. The minimum atomic E-state index is -1.48. The van der Waals surface area contributed by atoms with Crippen LogP contribution in [0.4, 0.5) is 0 Å². The Morgan fingerprint density at radius 2 is 1.14 bits per heavy atom. The summed E-state index contributed by atoms with van der Waals surface area (Å²) in [6.45, 7) is 4.31. The van der Waals surface area contributed by atoms with Crippen molar-refractivity contribution >= 4 is 17.5 Å². The van der Waals surface area contributed by atoms with Crippen molar-refractivity contribution in [3.05, 3.63) is 0 Å². The topological polar surface area (TPSA) is 91.7 Å². The molecule has 5 nitrogen and oxygen atoms in total. The number of carboxylic acid groups (broad SMARTS) is 1. The first-order chi connectivity index (χ1) is 13.9. The SMILES string of the molecule is CCCCCCCCCCCC(=O)CC(=O)C(C(=O)O)C(O)CCCCCCC. The van der Waals surface area contributed by atoms with Gasteiger partial charge in [0.05, 0.1) is 12.5 Å². The highest BCUT2D eigenvalue weighted by Crippen LogP contribution is 2.17. The van der Waals surface area contributed by atoms with E-state index >= 15 is 0 Å². The van der Waals surface area contributed by atoms with Gasteiger partial charge in [-0.1, -0.05) is 97.3 Å². The number of rotatable bonds is 21. The Morgan fingerprint density at radius 3 is 1.62 bits per heavy atom. The molecule has 0 aromatic heterocycles. The first-order valence-electron chi connectivity index (χ1n) is 11.9. The lowest BCUT2D eigenvalue weighted by molar-refractivity contribution is -0.151. The molecule has 5 heteroatoms. The fraction of sp³-hybridized carbons (Fsp3) is 0.875. The molecular formula is C24H44O5. The molecule has 0 radical (unpaired) electrons. The fourth-order valence-corrected chi connectivity index (χ4v) is 3.67. The van der Waals surface area contributed by atoms with Crippen molar-refractivity contribution in [3.8, 4) is 0 Å². The van der Waals surface area contributed by atoms with Crippen molar-refractivity contribution in [2.45, 2.75) is 129 Å². The van der Waals surface area contributed by atoms with Crippen molar-refractivity contribution in [1.82, 2.24) is 0 Å². The fourth-order valence-electron chi connectivity index (χ4n) is 3.67. The van der Waals surface area contributed by atoms with Crippen LogP contribution in [0.1, 0.15) is 123 Å². The predicted molar refractivity (Wildman–Crippen MR) is 117 cm³/mol. The Bertz CT molecular complexity index is 447. The smallest absolute Gasteiger partial charge is 0.316 e. The number of aliphatic hydroxyl groups is 1. The number of hydrogen-bond donors (Lipinski definition) is 2. The first-order valence-corrected chi connectivity index (χ1v) is 11.9. The van der Waals surface area contributed by atoms with Crippen LogP contribution in [0.3, 0.4) is 0 Å². The zero-order chi connectivity index (χ0) is 21.9. The molecule has 0 rings (SSSR count). The summed E-state index contributed by atoms with van der Waals surface area (Å²) in [4.78, 5) is 35.8. The minimum Gasteiger partial charge on any atom is -0.481 e. The number of carboxylic acids is 1. The van der Waals surface area contributed by atoms with E-state index in [2.05, 4.69) is 13.8 Å². The molecule has 0 saturated heterocycles. The zero-order valence-electron chi connectivity index (χ0n) is 18.8. The van der Waals surface area contributed by atoms with Gasteiger partial charge in [0.25, 0.3) is 0 Å². The Morgan fingerprint density at radius 1 is 0.690 bits per heavy atom. The summed E-state index contributed by atoms with van der Waals surface area (Å²) in [7, 11) is 0. The summed E-state index contributed by atoms with van der Waals surface area (Å²) in [5.41, 5.74) is 0. The van der Waals surface area contributed by atoms with Crippen molar-refractivity contribution in [2.75, 3.05) is 0 Å². The number of unbranched alkanes of at least 4 members (excludes halogenated alkanes) is 12. The number of carbonyl (C=O) groups is 3. The van der Waals surface area contributed by atoms with E-state index in [1.165, 1.54) is 38.5 Å². The van der Waals surface area contributed by atoms with Crippen LogP contribution >= 0.6 is 0 Å². The number of Topliss-reactive ketones (excluding diaryl/α,β-unsaturated/α-hetero) is 2. The van der Waals surface area contributed by atoms with E-state index in [0.717, 1.165) is 44.9 Å². The van der Waals surface area contributed by atoms with Crippen LogP contribution in [0.25, 0.3) is 0 Å². The third kappa shape index (κ3) is 15.3. The van der Waals surface area contributed by atoms with E-state index < -0.39 is 23.8 Å². The third-order valence-electron chi connectivity index (χ3n) is 5.53. The summed E-state index contributed by atoms with van der Waals surface area (Å²) in [5, 5.41) is 19.5. The maximum Gasteiger partial charge on any atom is 0.316 e. The molecule has 0 aromatic carbocycles. The number of aliphatic hydroxyl groups excluding tert-OH is 1. The Kier molecular flexibility index (Phi) is 18.0. The molecule has 0 aromatic rings. The highest BCUT2D eigenvalue weighted by Gasteiger charge is 2.33. The molecular weight excluding hydrogens is 368 g/mol. The van der Waals surface area contributed by atoms with Crippen LogP contribution in [0.2, 0.25) is 0 Å². The standard InChI is InChI=1S/C24H44O5/c1-3-5-7-9-10-11-12-14-15-17-20(25)19-22(27)23(24(28)29)21(26)18-16-13-8-6-4-2/h21,23,26H,3-19H2,1-2H3,(H,28,29). The van der Waals surface area contributed by atoms with Crippen molar-refractivity contribution in [2.24, 2.45) is 5.92 Å². The summed E-state index contributed by atoms with van der Waals surface area (Å²) < 4.78 is 0. The number of hydrogen-bond acceptors (Lipinski definition) is 4. The number of carbonyl (C=O) groups excluding carboxylic acids is 2. The first kappa shape index (κ1) is 27.8. The maximum atomic E-state index is 12.3. The molecule has 0 spiro atoms. The Hall–Kier alpha value is -1.23. The second kappa shape index (κ2) is 18.8. The van der Waals surface area contributed by atoms with E-state index in [1.54, 1.807) is 0 Å². The lowest BCUT2D eigenvalue weighted by atomic mass is 9.90. The summed E-state index contributed by atoms with van der Waals surface area (Å²) >= 11 is 0. The van der Waals surface area contributed by atoms with Crippen molar-refractivity contribution < 1.29 is 24.6 Å². The van der Waals surface area contributed by atoms with Crippen LogP contribution < -0.4 is 0 Å². The molecule has 2 unspecified atom stereocenters. The van der Waals surface area contributed by atoms with Crippen LogP contribution in [0.15, 0.2) is 0 Å². The molecule has 170 valence electrons. The van der Waals surface area contributed by atoms with Gasteiger partial charge in [0, 0.05) is 6.42 Å². The van der Waals surface area contributed by atoms with Gasteiger partial charge in [-0.15, -0.1) is 0 Å². The van der Waals surface area contributed by atoms with Gasteiger partial charge >= 0.3 is 5.97 Å². The average Bonchev–Trinajstić information content (AvgIpc) is 2.66. The van der Waals surface area contributed by atoms with Gasteiger partial charge in [0.2, 0.25) is 0 Å². The molecule has 0 aliphatic carbocycles. The molecule has 29 heavy (non-hydrogen) atoms. The lowest BCUT2D eigenvalue weighted by Gasteiger charge is -2.17. The molecule has 0 fully saturated rings. The van der Waals surface area contributed by atoms with E-state index in [9.17, 15) is 24.6 Å². The summed E-state index contributed by atoms with van der Waals surface area (Å²) in [5.74, 6) is -3.67. The highest BCUT2D eigenvalue weighted by atomic mass is 16.4. The van der Waals surface area contributed by atoms with E-state index in [4.69, 9.17) is 0 Å². The molecule has 0 amide bonds. The van der Waals surface area contributed by atoms with Crippen LogP contribution in [-0.4, -0.2) is 33.9 Å². The zero-order valence-corrected chi connectivity index (χ0v) is 18.8. The minimum absolute atomic E-state index is 0.209. The second-order valence-corrected chi connectivity index (χ2v) is 8.35. The highest BCUT2D eigenvalue weighted by molar-refractivity contribution is 6.07. The second-order valence-electron chi connectivity index (χ2n) is 8.35. The van der Waals surface area contributed by atoms with Gasteiger partial charge in [0.1, 0.15) is 11.7 Å². The molecule has 2 N–H and O–H groups in total. The van der Waals surface area contributed by atoms with Gasteiger partial charge in [0.15, 0.2) is 5.78 Å². The van der Waals surface area contributed by atoms with Crippen LogP contribution in [0, 0.1) is 5.92 Å². The largest absolute Gasteiger partial charge is 0.481 e. The van der Waals surface area contributed by atoms with E-state index in [0.29, 0.717) is 19.3 Å². The lowest BCUT2D eigenvalue weighted by Crippen LogP contribution is -2.36. The average molecular weight is 413 g/mol. The Labute approximate surface area is 177 Å². The van der Waals surface area contributed by atoms with Gasteiger partial charge < -0.3 is 10.2 Å². The third-order valence-corrected chi connectivity index (χ3v) is 5.53. The van der Waals surface area contributed by atoms with Gasteiger partial charge in [-0.05, 0) is 12.8 Å². The number of aliphatic carboxylic acids is 1. The summed E-state index contributed by atoms with van der Waals surface area (Å²) in [6.07, 6.45) is 14.3. The predicted octanol–water partition coefficient (Wildman–Crippen LogP) is 5.86. The van der Waals surface area contributed by atoms with Crippen molar-refractivity contribution in [1.29, 1.82) is 0 Å². The number of ketones is 2. The van der Waals surface area contributed by atoms with Crippen LogP contribution in [-0.2, 0) is 14.4 Å². The maximum absolute atomic E-state index is 12.3. The van der Waals surface area contributed by atoms with Gasteiger partial charge in [-0.25, -0.2) is 0 Å². The van der Waals surface area contributed by atoms with Gasteiger partial charge in [-0.3, -0.25) is 14.4 Å². The molecule has 0 bridgehead atoms. The van der Waals surface area contributed by atoms with Crippen molar-refractivity contribution in [3.63, 3.8) is 0 Å². The molecule has 0 aliphatic heterocycles.